The Morgan fingerprint density at radius 3 is 2.90 bits per heavy atom. The van der Waals surface area contributed by atoms with Crippen molar-refractivity contribution in [2.75, 3.05) is 11.9 Å². The summed E-state index contributed by atoms with van der Waals surface area (Å²) in [7, 11) is 1.66. The number of amides is 1. The van der Waals surface area contributed by atoms with Crippen LogP contribution in [0.4, 0.5) is 9.39 Å². The predicted octanol–water partition coefficient (Wildman–Crippen LogP) is 3.28. The summed E-state index contributed by atoms with van der Waals surface area (Å²) >= 11 is 11.6. The number of anilines is 1. The van der Waals surface area contributed by atoms with E-state index in [1.165, 1.54) is 28.5 Å². The number of carbonyl (C=O) groups excluding carboxylic acids is 1. The number of hydrogen-bond acceptors (Lipinski definition) is 5. The molecule has 0 aliphatic heterocycles. The molecule has 1 aliphatic rings. The van der Waals surface area contributed by atoms with Gasteiger partial charge in [-0.2, -0.15) is 12.6 Å². The van der Waals surface area contributed by atoms with Gasteiger partial charge in [0.25, 0.3) is 0 Å². The van der Waals surface area contributed by atoms with Gasteiger partial charge in [-0.25, -0.2) is 9.37 Å². The van der Waals surface area contributed by atoms with Crippen LogP contribution in [0.3, 0.4) is 0 Å². The van der Waals surface area contributed by atoms with Gasteiger partial charge in [0.15, 0.2) is 5.15 Å². The Kier molecular flexibility index (Phi) is 3.90. The van der Waals surface area contributed by atoms with Gasteiger partial charge in [-0.15, -0.1) is 0 Å². The lowest BCUT2D eigenvalue weighted by Gasteiger charge is -2.14. The molecule has 4 nitrogen and oxygen atoms in total. The first kappa shape index (κ1) is 14.7. The monoisotopic (exact) mass is 343 g/mol. The maximum absolute atomic E-state index is 13.2. The third-order valence-corrected chi connectivity index (χ3v) is 5.36. The molecular formula is C13H11ClFN3OS2. The van der Waals surface area contributed by atoms with Gasteiger partial charge in [-0.05, 0) is 12.5 Å². The smallest absolute Gasteiger partial charge is 0.231 e. The van der Waals surface area contributed by atoms with E-state index in [0.29, 0.717) is 15.6 Å². The summed E-state index contributed by atoms with van der Waals surface area (Å²) in [5.41, 5.74) is 0.535. The lowest BCUT2D eigenvalue weighted by Crippen LogP contribution is -2.27. The Morgan fingerprint density at radius 1 is 1.57 bits per heavy atom. The maximum Gasteiger partial charge on any atom is 0.231 e. The Hall–Kier alpha value is -1.18. The average Bonchev–Trinajstić information content (AvgIpc) is 3.05. The maximum atomic E-state index is 13.2. The summed E-state index contributed by atoms with van der Waals surface area (Å²) in [6, 6.07) is 1.33. The quantitative estimate of drug-likeness (QED) is 0.870. The number of carbonyl (C=O) groups is 1. The minimum atomic E-state index is -0.444. The molecule has 2 aromatic rings. The summed E-state index contributed by atoms with van der Waals surface area (Å²) in [6.45, 7) is 0. The highest BCUT2D eigenvalue weighted by Crippen LogP contribution is 2.41. The van der Waals surface area contributed by atoms with Crippen LogP contribution in [0.1, 0.15) is 6.42 Å². The normalized spacial score (nSPS) is 20.4. The highest BCUT2D eigenvalue weighted by atomic mass is 35.5. The molecule has 21 heavy (non-hydrogen) atoms. The fourth-order valence-electron chi connectivity index (χ4n) is 1.95. The number of pyridine rings is 1. The highest BCUT2D eigenvalue weighted by Gasteiger charge is 2.42. The van der Waals surface area contributed by atoms with Crippen LogP contribution in [0.5, 0.6) is 0 Å². The fraction of sp³-hybridized carbons (Fsp3) is 0.308. The number of hydrogen-bond donors (Lipinski definition) is 1. The standard InChI is InChI=1S/C13H11ClFN3OS2/c1-18(12(19)8-3-9(8)20)13-10(14)17-11(21-13)6-2-7(15)5-16-4-6/h2,4-5,8-9,20H,3H2,1H3. The van der Waals surface area contributed by atoms with Gasteiger partial charge in [-0.1, -0.05) is 22.9 Å². The largest absolute Gasteiger partial charge is 0.304 e. The summed E-state index contributed by atoms with van der Waals surface area (Å²) < 4.78 is 13.2. The minimum Gasteiger partial charge on any atom is -0.304 e. The summed E-state index contributed by atoms with van der Waals surface area (Å²) in [5.74, 6) is -0.527. The van der Waals surface area contributed by atoms with Crippen LogP contribution < -0.4 is 4.90 Å². The van der Waals surface area contributed by atoms with Gasteiger partial charge in [-0.3, -0.25) is 9.78 Å². The molecule has 0 saturated heterocycles. The molecule has 2 atom stereocenters. The third-order valence-electron chi connectivity index (χ3n) is 3.23. The first-order chi connectivity index (χ1) is 9.97. The summed E-state index contributed by atoms with van der Waals surface area (Å²) in [5, 5.41) is 1.43. The van der Waals surface area contributed by atoms with Crippen molar-refractivity contribution in [2.24, 2.45) is 5.92 Å². The van der Waals surface area contributed by atoms with Crippen molar-refractivity contribution in [3.05, 3.63) is 29.4 Å². The van der Waals surface area contributed by atoms with Gasteiger partial charge in [0.2, 0.25) is 5.91 Å². The number of thiazole rings is 1. The SMILES string of the molecule is CN(C(=O)C1CC1S)c1sc(-c2cncc(F)c2)nc1Cl. The van der Waals surface area contributed by atoms with Crippen LogP contribution >= 0.6 is 35.6 Å². The van der Waals surface area contributed by atoms with Crippen molar-refractivity contribution in [2.45, 2.75) is 11.7 Å². The fourth-order valence-corrected chi connectivity index (χ4v) is 3.59. The van der Waals surface area contributed by atoms with E-state index in [1.807, 2.05) is 0 Å². The van der Waals surface area contributed by atoms with Crippen molar-refractivity contribution in [1.29, 1.82) is 0 Å². The van der Waals surface area contributed by atoms with Crippen LogP contribution in [0, 0.1) is 11.7 Å². The third kappa shape index (κ3) is 2.90. The second-order valence-corrected chi connectivity index (χ2v) is 6.81. The van der Waals surface area contributed by atoms with Gasteiger partial charge >= 0.3 is 0 Å². The molecule has 2 aromatic heterocycles. The summed E-state index contributed by atoms with van der Waals surface area (Å²) in [6.07, 6.45) is 3.41. The second kappa shape index (κ2) is 5.55. The van der Waals surface area contributed by atoms with Crippen molar-refractivity contribution in [3.8, 4) is 10.6 Å². The molecule has 0 spiro atoms. The van der Waals surface area contributed by atoms with Crippen LogP contribution in [-0.4, -0.2) is 28.2 Å². The molecule has 0 radical (unpaired) electrons. The first-order valence-corrected chi connectivity index (χ1v) is 7.91. The zero-order chi connectivity index (χ0) is 15.1. The van der Waals surface area contributed by atoms with E-state index in [2.05, 4.69) is 22.6 Å². The average molecular weight is 344 g/mol. The number of aromatic nitrogens is 2. The van der Waals surface area contributed by atoms with Crippen molar-refractivity contribution in [1.82, 2.24) is 9.97 Å². The minimum absolute atomic E-state index is 0.0236. The molecule has 0 N–H and O–H groups in total. The lowest BCUT2D eigenvalue weighted by molar-refractivity contribution is -0.119. The first-order valence-electron chi connectivity index (χ1n) is 6.20. The Labute approximate surface area is 135 Å². The van der Waals surface area contributed by atoms with Crippen LogP contribution in [0.25, 0.3) is 10.6 Å². The predicted molar refractivity (Wildman–Crippen MR) is 84.6 cm³/mol. The topological polar surface area (TPSA) is 46.1 Å². The van der Waals surface area contributed by atoms with E-state index in [0.717, 1.165) is 12.6 Å². The number of halogens is 2. The molecule has 1 fully saturated rings. The molecule has 2 unspecified atom stereocenters. The van der Waals surface area contributed by atoms with Gasteiger partial charge in [0.05, 0.1) is 12.1 Å². The van der Waals surface area contributed by atoms with Crippen LogP contribution in [0.2, 0.25) is 5.15 Å². The lowest BCUT2D eigenvalue weighted by atomic mass is 10.3. The Balaban J connectivity index is 1.89. The van der Waals surface area contributed by atoms with Gasteiger partial charge in [0, 0.05) is 24.1 Å². The summed E-state index contributed by atoms with van der Waals surface area (Å²) in [4.78, 5) is 21.7. The van der Waals surface area contributed by atoms with Crippen molar-refractivity contribution < 1.29 is 9.18 Å². The molecule has 2 heterocycles. The molecule has 1 amide bonds. The van der Waals surface area contributed by atoms with Crippen LogP contribution in [0.15, 0.2) is 18.5 Å². The molecule has 1 saturated carbocycles. The Morgan fingerprint density at radius 2 is 2.29 bits per heavy atom. The molecule has 8 heteroatoms. The Bertz CT molecular complexity index is 708. The van der Waals surface area contributed by atoms with E-state index in [9.17, 15) is 9.18 Å². The molecule has 0 bridgehead atoms. The molecule has 1 aliphatic carbocycles. The molecule has 110 valence electrons. The second-order valence-electron chi connectivity index (χ2n) is 4.81. The highest BCUT2D eigenvalue weighted by molar-refractivity contribution is 7.81. The van der Waals surface area contributed by atoms with Crippen molar-refractivity contribution >= 4 is 46.5 Å². The van der Waals surface area contributed by atoms with E-state index < -0.39 is 5.82 Å². The van der Waals surface area contributed by atoms with Gasteiger partial charge < -0.3 is 4.90 Å². The van der Waals surface area contributed by atoms with E-state index in [-0.39, 0.29) is 22.2 Å². The van der Waals surface area contributed by atoms with E-state index in [4.69, 9.17) is 11.6 Å². The number of thiol groups is 1. The van der Waals surface area contributed by atoms with E-state index >= 15 is 0 Å². The molecular weight excluding hydrogens is 333 g/mol. The zero-order valence-corrected chi connectivity index (χ0v) is 13.4. The molecule has 0 aromatic carbocycles. The van der Waals surface area contributed by atoms with Gasteiger partial charge in [0.1, 0.15) is 15.8 Å². The number of rotatable bonds is 3. The van der Waals surface area contributed by atoms with E-state index in [1.54, 1.807) is 7.05 Å². The molecule has 3 rings (SSSR count). The zero-order valence-electron chi connectivity index (χ0n) is 11.0. The number of nitrogens with zero attached hydrogens (tertiary/aromatic N) is 3. The van der Waals surface area contributed by atoms with Crippen LogP contribution in [-0.2, 0) is 4.79 Å². The van der Waals surface area contributed by atoms with Crippen molar-refractivity contribution in [3.63, 3.8) is 0 Å².